The molecule has 0 saturated heterocycles. The first-order chi connectivity index (χ1) is 9.30. The van der Waals surface area contributed by atoms with Gasteiger partial charge in [0.1, 0.15) is 5.60 Å². The molecule has 1 aromatic heterocycles. The molecule has 1 rings (SSSR count). The highest BCUT2D eigenvalue weighted by molar-refractivity contribution is 7.98. The van der Waals surface area contributed by atoms with E-state index in [1.54, 1.807) is 27.0 Å². The first-order valence-electron chi connectivity index (χ1n) is 5.90. The Labute approximate surface area is 122 Å². The number of nitrogens with zero attached hydrogens (tertiary/aromatic N) is 3. The second-order valence-corrected chi connectivity index (χ2v) is 5.69. The van der Waals surface area contributed by atoms with Crippen LogP contribution in [0.15, 0.2) is 11.2 Å². The normalized spacial score (nSPS) is 12.4. The van der Waals surface area contributed by atoms with E-state index in [4.69, 9.17) is 9.47 Å². The van der Waals surface area contributed by atoms with Crippen LogP contribution in [0.4, 0.5) is 0 Å². The first kappa shape index (κ1) is 16.2. The van der Waals surface area contributed by atoms with Crippen LogP contribution in [0.1, 0.15) is 32.4 Å². The number of thioether (sulfide) groups is 1. The van der Waals surface area contributed by atoms with E-state index >= 15 is 0 Å². The van der Waals surface area contributed by atoms with Gasteiger partial charge in [-0.2, -0.15) is 10.2 Å². The van der Waals surface area contributed by atoms with E-state index in [0.717, 1.165) is 0 Å². The van der Waals surface area contributed by atoms with Crippen molar-refractivity contribution in [1.82, 2.24) is 9.97 Å². The van der Waals surface area contributed by atoms with Crippen LogP contribution in [0.5, 0.6) is 5.88 Å². The van der Waals surface area contributed by atoms with E-state index in [2.05, 4.69) is 9.97 Å². The number of ether oxygens (including phenoxy) is 2. The van der Waals surface area contributed by atoms with Crippen molar-refractivity contribution in [2.75, 3.05) is 13.4 Å². The quantitative estimate of drug-likeness (QED) is 0.478. The number of esters is 1. The average molecular weight is 295 g/mol. The van der Waals surface area contributed by atoms with Crippen LogP contribution in [0.3, 0.4) is 0 Å². The standard InChI is InChI=1S/C13H17N3O3S/c1-13(2,3)19-11(17)8(7-14)9-6-10(18-4)16-12(15-9)20-5/h6,8H,1-5H3. The smallest absolute Gasteiger partial charge is 0.330 e. The van der Waals surface area contributed by atoms with Crippen molar-refractivity contribution in [3.8, 4) is 11.9 Å². The number of carbonyl (C=O) groups excluding carboxylic acids is 1. The van der Waals surface area contributed by atoms with E-state index in [-0.39, 0.29) is 5.69 Å². The summed E-state index contributed by atoms with van der Waals surface area (Å²) in [4.78, 5) is 20.3. The van der Waals surface area contributed by atoms with E-state index in [1.165, 1.54) is 24.9 Å². The van der Waals surface area contributed by atoms with Gasteiger partial charge in [0, 0.05) is 6.07 Å². The number of nitriles is 1. The van der Waals surface area contributed by atoms with Crippen LogP contribution in [-0.4, -0.2) is 34.9 Å². The van der Waals surface area contributed by atoms with Crippen LogP contribution in [0.25, 0.3) is 0 Å². The highest BCUT2D eigenvalue weighted by Crippen LogP contribution is 2.23. The number of rotatable bonds is 4. The maximum atomic E-state index is 12.0. The average Bonchev–Trinajstić information content (AvgIpc) is 2.37. The van der Waals surface area contributed by atoms with Gasteiger partial charge in [-0.3, -0.25) is 4.79 Å². The van der Waals surface area contributed by atoms with Crippen LogP contribution in [0.2, 0.25) is 0 Å². The van der Waals surface area contributed by atoms with Crippen molar-refractivity contribution in [2.24, 2.45) is 0 Å². The molecule has 1 unspecified atom stereocenters. The number of hydrogen-bond acceptors (Lipinski definition) is 7. The van der Waals surface area contributed by atoms with Gasteiger partial charge in [-0.1, -0.05) is 11.8 Å². The number of carbonyl (C=O) groups is 1. The van der Waals surface area contributed by atoms with Gasteiger partial charge in [0.25, 0.3) is 0 Å². The van der Waals surface area contributed by atoms with E-state index < -0.39 is 17.5 Å². The van der Waals surface area contributed by atoms with Crippen molar-refractivity contribution < 1.29 is 14.3 Å². The summed E-state index contributed by atoms with van der Waals surface area (Å²) in [7, 11) is 1.46. The summed E-state index contributed by atoms with van der Waals surface area (Å²) < 4.78 is 10.3. The van der Waals surface area contributed by atoms with Gasteiger partial charge >= 0.3 is 5.97 Å². The Morgan fingerprint density at radius 1 is 1.45 bits per heavy atom. The molecule has 0 fully saturated rings. The molecule has 0 aliphatic rings. The molecule has 0 amide bonds. The Morgan fingerprint density at radius 3 is 2.55 bits per heavy atom. The Bertz CT molecular complexity index is 512. The summed E-state index contributed by atoms with van der Waals surface area (Å²) in [5, 5.41) is 9.65. The molecule has 0 saturated carbocycles. The van der Waals surface area contributed by atoms with Gasteiger partial charge in [0.2, 0.25) is 5.88 Å². The van der Waals surface area contributed by atoms with Gasteiger partial charge in [-0.05, 0) is 27.0 Å². The predicted octanol–water partition coefficient (Wildman–Crippen LogP) is 2.16. The van der Waals surface area contributed by atoms with E-state index in [9.17, 15) is 10.1 Å². The number of hydrogen-bond donors (Lipinski definition) is 0. The minimum atomic E-state index is -1.10. The Hall–Kier alpha value is -1.81. The SMILES string of the molecule is COc1cc(C(C#N)C(=O)OC(C)(C)C)nc(SC)n1. The van der Waals surface area contributed by atoms with Crippen LogP contribution < -0.4 is 4.74 Å². The lowest BCUT2D eigenvalue weighted by atomic mass is 10.1. The topological polar surface area (TPSA) is 85.1 Å². The van der Waals surface area contributed by atoms with Gasteiger partial charge in [-0.25, -0.2) is 4.98 Å². The molecular formula is C13H17N3O3S. The van der Waals surface area contributed by atoms with E-state index in [0.29, 0.717) is 11.0 Å². The third-order valence-corrected chi connectivity index (χ3v) is 2.71. The van der Waals surface area contributed by atoms with Gasteiger partial charge in [0.05, 0.1) is 18.9 Å². The lowest BCUT2D eigenvalue weighted by Crippen LogP contribution is -2.27. The largest absolute Gasteiger partial charge is 0.481 e. The summed E-state index contributed by atoms with van der Waals surface area (Å²) in [5.41, 5.74) is -0.385. The molecule has 0 bridgehead atoms. The van der Waals surface area contributed by atoms with Crippen molar-refractivity contribution in [1.29, 1.82) is 5.26 Å². The highest BCUT2D eigenvalue weighted by Gasteiger charge is 2.28. The summed E-state index contributed by atoms with van der Waals surface area (Å²) in [6, 6.07) is 3.38. The molecule has 1 aromatic rings. The highest BCUT2D eigenvalue weighted by atomic mass is 32.2. The number of methoxy groups -OCH3 is 1. The molecule has 0 spiro atoms. The molecular weight excluding hydrogens is 278 g/mol. The molecule has 20 heavy (non-hydrogen) atoms. The second kappa shape index (κ2) is 6.57. The van der Waals surface area contributed by atoms with Crippen molar-refractivity contribution >= 4 is 17.7 Å². The fraction of sp³-hybridized carbons (Fsp3) is 0.538. The summed E-state index contributed by atoms with van der Waals surface area (Å²) in [6.45, 7) is 5.23. The molecule has 0 aliphatic carbocycles. The molecule has 0 N–H and O–H groups in total. The summed E-state index contributed by atoms with van der Waals surface area (Å²) >= 11 is 1.30. The molecule has 0 radical (unpaired) electrons. The zero-order valence-electron chi connectivity index (χ0n) is 12.1. The fourth-order valence-corrected chi connectivity index (χ4v) is 1.74. The zero-order valence-corrected chi connectivity index (χ0v) is 12.9. The Kier molecular flexibility index (Phi) is 5.34. The maximum Gasteiger partial charge on any atom is 0.330 e. The third kappa shape index (κ3) is 4.38. The minimum Gasteiger partial charge on any atom is -0.481 e. The van der Waals surface area contributed by atoms with Crippen LogP contribution >= 0.6 is 11.8 Å². The van der Waals surface area contributed by atoms with Crippen molar-refractivity contribution in [3.05, 3.63) is 11.8 Å². The Balaban J connectivity index is 3.12. The molecule has 0 aliphatic heterocycles. The minimum absolute atomic E-state index is 0.276. The van der Waals surface area contributed by atoms with Gasteiger partial charge in [-0.15, -0.1) is 0 Å². The molecule has 1 atom stereocenters. The Morgan fingerprint density at radius 2 is 2.10 bits per heavy atom. The van der Waals surface area contributed by atoms with Gasteiger partial charge < -0.3 is 9.47 Å². The van der Waals surface area contributed by atoms with E-state index in [1.807, 2.05) is 6.07 Å². The molecule has 6 nitrogen and oxygen atoms in total. The lowest BCUT2D eigenvalue weighted by molar-refractivity contribution is -0.155. The van der Waals surface area contributed by atoms with Gasteiger partial charge in [0.15, 0.2) is 11.1 Å². The maximum absolute atomic E-state index is 12.0. The first-order valence-corrected chi connectivity index (χ1v) is 7.12. The summed E-state index contributed by atoms with van der Waals surface area (Å²) in [5.74, 6) is -1.42. The molecule has 7 heteroatoms. The van der Waals surface area contributed by atoms with Crippen molar-refractivity contribution in [2.45, 2.75) is 37.4 Å². The second-order valence-electron chi connectivity index (χ2n) is 4.92. The monoisotopic (exact) mass is 295 g/mol. The fourth-order valence-electron chi connectivity index (χ4n) is 1.36. The predicted molar refractivity (Wildman–Crippen MR) is 74.6 cm³/mol. The van der Waals surface area contributed by atoms with Crippen molar-refractivity contribution in [3.63, 3.8) is 0 Å². The molecule has 108 valence electrons. The molecule has 1 heterocycles. The third-order valence-electron chi connectivity index (χ3n) is 2.16. The lowest BCUT2D eigenvalue weighted by Gasteiger charge is -2.21. The molecule has 0 aromatic carbocycles. The zero-order chi connectivity index (χ0) is 15.3. The van der Waals surface area contributed by atoms with Crippen LogP contribution in [0, 0.1) is 11.3 Å². The number of aromatic nitrogens is 2. The van der Waals surface area contributed by atoms with Crippen LogP contribution in [-0.2, 0) is 9.53 Å². The summed E-state index contributed by atoms with van der Waals surface area (Å²) in [6.07, 6.45) is 1.80.